The van der Waals surface area contributed by atoms with Crippen LogP contribution in [-0.4, -0.2) is 6.85 Å². The molecule has 4 heteroatoms. The highest BCUT2D eigenvalue weighted by Gasteiger charge is 2.49. The lowest BCUT2D eigenvalue weighted by molar-refractivity contribution is 0.332. The van der Waals surface area contributed by atoms with E-state index in [1.54, 1.807) is 0 Å². The molecule has 12 rings (SSSR count). The molecule has 7 aromatic rings. The summed E-state index contributed by atoms with van der Waals surface area (Å²) in [5.74, 6) is 0. The van der Waals surface area contributed by atoms with Crippen LogP contribution in [0.5, 0.6) is 0 Å². The van der Waals surface area contributed by atoms with Gasteiger partial charge in [0.05, 0.1) is 0 Å². The molecule has 0 N–H and O–H groups in total. The molecule has 3 aliphatic carbocycles. The first-order valence-corrected chi connectivity index (χ1v) is 26.4. The van der Waals surface area contributed by atoms with Crippen molar-refractivity contribution in [3.05, 3.63) is 136 Å². The molecule has 0 spiro atoms. The zero-order valence-electron chi connectivity index (χ0n) is 44.8. The van der Waals surface area contributed by atoms with E-state index in [0.717, 1.165) is 16.6 Å². The summed E-state index contributed by atoms with van der Waals surface area (Å²) in [7, 11) is 0. The van der Waals surface area contributed by atoms with Gasteiger partial charge in [-0.3, -0.25) is 0 Å². The Morgan fingerprint density at radius 3 is 1.61 bits per heavy atom. The van der Waals surface area contributed by atoms with E-state index in [9.17, 15) is 0 Å². The quantitative estimate of drug-likeness (QED) is 0.161. The topological polar surface area (TPSA) is 19.6 Å². The Bertz CT molecular complexity index is 3360. The highest BCUT2D eigenvalue weighted by molar-refractivity contribution is 6.93. The molecule has 0 saturated heterocycles. The molecule has 0 fully saturated rings. The van der Waals surface area contributed by atoms with Gasteiger partial charge in [0.1, 0.15) is 11.2 Å². The van der Waals surface area contributed by atoms with Gasteiger partial charge in [0.25, 0.3) is 0 Å². The van der Waals surface area contributed by atoms with Crippen LogP contribution in [0, 0.1) is 6.92 Å². The Morgan fingerprint density at radius 1 is 0.464 bits per heavy atom. The predicted molar refractivity (Wildman–Crippen MR) is 297 cm³/mol. The number of nitrogens with zero attached hydrogens (tertiary/aromatic N) is 2. The molecule has 2 aliphatic heterocycles. The number of hydrogen-bond acceptors (Lipinski definition) is 3. The number of hydrogen-bond donors (Lipinski definition) is 0. The van der Waals surface area contributed by atoms with E-state index < -0.39 is 0 Å². The van der Waals surface area contributed by atoms with Gasteiger partial charge in [0, 0.05) is 44.8 Å². The molecule has 1 aromatic heterocycles. The number of benzene rings is 6. The van der Waals surface area contributed by atoms with Crippen LogP contribution in [-0.2, 0) is 37.9 Å². The van der Waals surface area contributed by atoms with Gasteiger partial charge in [-0.15, -0.1) is 0 Å². The smallest absolute Gasteiger partial charge is 0.333 e. The molecule has 354 valence electrons. The summed E-state index contributed by atoms with van der Waals surface area (Å²) < 4.78 is 6.92. The normalized spacial score (nSPS) is 20.7. The van der Waals surface area contributed by atoms with Gasteiger partial charge in [0.2, 0.25) is 0 Å². The first-order valence-electron chi connectivity index (χ1n) is 26.4. The van der Waals surface area contributed by atoms with E-state index in [2.05, 4.69) is 211 Å². The van der Waals surface area contributed by atoms with Crippen LogP contribution < -0.4 is 20.6 Å². The molecule has 0 bridgehead atoms. The van der Waals surface area contributed by atoms with Gasteiger partial charge in [0.15, 0.2) is 0 Å². The Morgan fingerprint density at radius 2 is 1.00 bits per heavy atom. The van der Waals surface area contributed by atoms with Gasteiger partial charge in [-0.05, 0) is 199 Å². The van der Waals surface area contributed by atoms with E-state index in [1.165, 1.54) is 139 Å². The molecular weight excluding hydrogens is 836 g/mol. The van der Waals surface area contributed by atoms with E-state index >= 15 is 0 Å². The predicted octanol–water partition coefficient (Wildman–Crippen LogP) is 16.9. The molecule has 69 heavy (non-hydrogen) atoms. The number of rotatable bonds is 2. The van der Waals surface area contributed by atoms with Gasteiger partial charge in [-0.2, -0.15) is 0 Å². The number of furan rings is 1. The fourth-order valence-electron chi connectivity index (χ4n) is 13.9. The second-order valence-corrected chi connectivity index (χ2v) is 27.5. The first-order chi connectivity index (χ1) is 32.2. The third kappa shape index (κ3) is 6.44. The molecule has 0 radical (unpaired) electrons. The van der Waals surface area contributed by atoms with Crippen LogP contribution in [0.3, 0.4) is 0 Å². The second-order valence-electron chi connectivity index (χ2n) is 27.5. The Balaban J connectivity index is 1.25. The fraction of sp³-hybridized carbons (Fsp3) is 0.446. The molecule has 5 aliphatic rings. The lowest BCUT2D eigenvalue weighted by atomic mass is 9.43. The van der Waals surface area contributed by atoms with Crippen molar-refractivity contribution in [1.29, 1.82) is 0 Å². The zero-order valence-corrected chi connectivity index (χ0v) is 44.8. The molecule has 0 unspecified atom stereocenters. The third-order valence-corrected chi connectivity index (χ3v) is 18.9. The van der Waals surface area contributed by atoms with Crippen molar-refractivity contribution in [2.24, 2.45) is 0 Å². The number of anilines is 5. The third-order valence-electron chi connectivity index (χ3n) is 18.9. The summed E-state index contributed by atoms with van der Waals surface area (Å²) in [6, 6.07) is 36.9. The highest BCUT2D eigenvalue weighted by atomic mass is 16.3. The molecule has 0 amide bonds. The highest BCUT2D eigenvalue weighted by Crippen LogP contribution is 2.57. The molecular formula is C65H75BN2O. The van der Waals surface area contributed by atoms with Crippen LogP contribution in [0.2, 0.25) is 0 Å². The summed E-state index contributed by atoms with van der Waals surface area (Å²) >= 11 is 0. The summed E-state index contributed by atoms with van der Waals surface area (Å²) in [5.41, 5.74) is 25.7. The molecule has 3 nitrogen and oxygen atoms in total. The SMILES string of the molecule is Cc1cc2c(cc1N1c3cc4c(cc3B3c5c(cc(C(C)(C)C)cc51)-c1cc5c(cc1N3c1ccc3c(c1)C(C)(C)CCC3(C)C)C(C)(C)CCC5(C)C)oc1ccccc14)C(C)(C)CCC2(C)C. The first kappa shape index (κ1) is 45.0. The maximum Gasteiger partial charge on any atom is 0.333 e. The van der Waals surface area contributed by atoms with E-state index in [4.69, 9.17) is 4.42 Å². The van der Waals surface area contributed by atoms with Crippen molar-refractivity contribution in [3.8, 4) is 11.1 Å². The lowest BCUT2D eigenvalue weighted by Gasteiger charge is -2.49. The van der Waals surface area contributed by atoms with Crippen molar-refractivity contribution in [2.45, 2.75) is 187 Å². The number of aryl methyl sites for hydroxylation is 1. The van der Waals surface area contributed by atoms with Crippen LogP contribution in [0.15, 0.2) is 95.4 Å². The standard InChI is InChI=1S/C65H75BN2O/c1-38-29-46-49(64(13,14)27-25-61(46,7)8)35-52(38)67-54-34-43-41-19-17-18-20-56(41)69-57(43)37-51(54)66-58-44(30-39(31-55(58)67)59(2,3)4)42-33-48-50(65(15,16)28-26-63(48,11)12)36-53(42)68(66)40-21-22-45-47(32-40)62(9,10)24-23-60(45,5)6/h17-22,29-37H,23-28H2,1-16H3. The fourth-order valence-corrected chi connectivity index (χ4v) is 13.9. The minimum absolute atomic E-state index is 0.0418. The van der Waals surface area contributed by atoms with Gasteiger partial charge in [-0.25, -0.2) is 0 Å². The van der Waals surface area contributed by atoms with Crippen molar-refractivity contribution in [3.63, 3.8) is 0 Å². The van der Waals surface area contributed by atoms with Gasteiger partial charge < -0.3 is 14.1 Å². The van der Waals surface area contributed by atoms with Gasteiger partial charge >= 0.3 is 6.85 Å². The Hall–Kier alpha value is -5.22. The molecule has 0 saturated carbocycles. The largest absolute Gasteiger partial charge is 0.456 e. The molecule has 6 aromatic carbocycles. The monoisotopic (exact) mass is 911 g/mol. The average Bonchev–Trinajstić information content (AvgIpc) is 3.64. The number of para-hydroxylation sites is 1. The minimum Gasteiger partial charge on any atom is -0.456 e. The number of fused-ring (bicyclic) bond motifs is 10. The summed E-state index contributed by atoms with van der Waals surface area (Å²) in [6.07, 6.45) is 7.07. The van der Waals surface area contributed by atoms with E-state index in [-0.39, 0.29) is 44.8 Å². The second kappa shape index (κ2) is 14.0. The zero-order chi connectivity index (χ0) is 48.9. The van der Waals surface area contributed by atoms with Crippen molar-refractivity contribution < 1.29 is 4.42 Å². The van der Waals surface area contributed by atoms with Crippen molar-refractivity contribution >= 4 is 68.1 Å². The molecule has 0 atom stereocenters. The maximum atomic E-state index is 6.92. The summed E-state index contributed by atoms with van der Waals surface area (Å²) in [6.45, 7) is 39.2. The maximum absolute atomic E-state index is 6.92. The average molecular weight is 911 g/mol. The van der Waals surface area contributed by atoms with Crippen LogP contribution >= 0.6 is 0 Å². The van der Waals surface area contributed by atoms with Crippen LogP contribution in [0.1, 0.15) is 187 Å². The lowest BCUT2D eigenvalue weighted by Crippen LogP contribution is -2.62. The van der Waals surface area contributed by atoms with E-state index in [1.807, 2.05) is 0 Å². The Kier molecular flexibility index (Phi) is 9.13. The summed E-state index contributed by atoms with van der Waals surface area (Å²) in [4.78, 5) is 5.51. The molecule has 3 heterocycles. The van der Waals surface area contributed by atoms with Gasteiger partial charge in [-0.1, -0.05) is 140 Å². The van der Waals surface area contributed by atoms with Crippen molar-refractivity contribution in [1.82, 2.24) is 0 Å². The van der Waals surface area contributed by atoms with Crippen molar-refractivity contribution in [2.75, 3.05) is 9.71 Å². The van der Waals surface area contributed by atoms with Crippen LogP contribution in [0.4, 0.5) is 28.4 Å². The minimum atomic E-state index is -0.121. The van der Waals surface area contributed by atoms with Crippen LogP contribution in [0.25, 0.3) is 33.1 Å². The Labute approximate surface area is 414 Å². The van der Waals surface area contributed by atoms with E-state index in [0.29, 0.717) is 0 Å². The summed E-state index contributed by atoms with van der Waals surface area (Å²) in [5, 5.41) is 2.33.